The summed E-state index contributed by atoms with van der Waals surface area (Å²) in [4.78, 5) is 15.0. The third-order valence-electron chi connectivity index (χ3n) is 6.54. The number of rotatable bonds is 9. The van der Waals surface area contributed by atoms with E-state index in [1.165, 1.54) is 29.1 Å². The Bertz CT molecular complexity index is 761. The molecule has 1 aromatic rings. The van der Waals surface area contributed by atoms with E-state index in [1.807, 2.05) is 0 Å². The monoisotopic (exact) mass is 435 g/mol. The highest BCUT2D eigenvalue weighted by molar-refractivity contribution is 7.89. The Hall–Kier alpha value is -1.44. The molecule has 30 heavy (non-hydrogen) atoms. The first-order valence-corrected chi connectivity index (χ1v) is 13.1. The number of likely N-dealkylation sites (tertiary alicyclic amines) is 1. The number of nitrogens with one attached hydrogen (secondary N) is 1. The summed E-state index contributed by atoms with van der Waals surface area (Å²) in [5, 5.41) is 3.04. The predicted octanol–water partition coefficient (Wildman–Crippen LogP) is 2.51. The van der Waals surface area contributed by atoms with Crippen molar-refractivity contribution in [2.24, 2.45) is 11.8 Å². The fraction of sp³-hybridized carbons (Fsp3) is 0.696. The summed E-state index contributed by atoms with van der Waals surface area (Å²) in [5.41, 5.74) is 1.44. The lowest BCUT2D eigenvalue weighted by Gasteiger charge is -2.32. The zero-order valence-corrected chi connectivity index (χ0v) is 19.1. The number of piperidine rings is 2. The van der Waals surface area contributed by atoms with Crippen molar-refractivity contribution in [3.63, 3.8) is 0 Å². The molecule has 0 aromatic heterocycles. The number of amides is 1. The summed E-state index contributed by atoms with van der Waals surface area (Å²) in [6.45, 7) is 6.48. The molecule has 0 bridgehead atoms. The zero-order valence-electron chi connectivity index (χ0n) is 18.3. The third kappa shape index (κ3) is 6.79. The first kappa shape index (κ1) is 23.2. The molecule has 3 rings (SSSR count). The van der Waals surface area contributed by atoms with Crippen molar-refractivity contribution in [2.45, 2.75) is 45.4 Å². The Morgan fingerprint density at radius 3 is 2.53 bits per heavy atom. The van der Waals surface area contributed by atoms with Crippen LogP contribution in [0.1, 0.15) is 44.6 Å². The first-order chi connectivity index (χ1) is 14.5. The topological polar surface area (TPSA) is 69.7 Å². The van der Waals surface area contributed by atoms with Crippen LogP contribution in [0.4, 0.5) is 0 Å². The molecule has 2 saturated heterocycles. The van der Waals surface area contributed by atoms with Crippen molar-refractivity contribution in [3.8, 4) is 0 Å². The molecule has 168 valence electrons. The molecule has 0 saturated carbocycles. The Morgan fingerprint density at radius 1 is 1.10 bits per heavy atom. The van der Waals surface area contributed by atoms with Crippen molar-refractivity contribution in [1.29, 1.82) is 0 Å². The maximum atomic E-state index is 12.5. The van der Waals surface area contributed by atoms with Gasteiger partial charge in [0.1, 0.15) is 0 Å². The van der Waals surface area contributed by atoms with Crippen LogP contribution in [0.25, 0.3) is 0 Å². The van der Waals surface area contributed by atoms with Gasteiger partial charge in [-0.2, -0.15) is 0 Å². The molecule has 1 amide bonds. The summed E-state index contributed by atoms with van der Waals surface area (Å²) < 4.78 is 25.6. The highest BCUT2D eigenvalue weighted by Crippen LogP contribution is 2.22. The van der Waals surface area contributed by atoms with Gasteiger partial charge in [-0.05, 0) is 76.6 Å². The van der Waals surface area contributed by atoms with Crippen LogP contribution in [0.2, 0.25) is 0 Å². The largest absolute Gasteiger partial charge is 0.356 e. The molecule has 2 aliphatic heterocycles. The van der Waals surface area contributed by atoms with Gasteiger partial charge in [0.2, 0.25) is 15.9 Å². The lowest BCUT2D eigenvalue weighted by molar-refractivity contribution is -0.126. The van der Waals surface area contributed by atoms with E-state index in [0.29, 0.717) is 19.6 Å². The number of carbonyl (C=O) groups excluding carboxylic acids is 1. The minimum atomic E-state index is -3.21. The lowest BCUT2D eigenvalue weighted by Crippen LogP contribution is -2.46. The van der Waals surface area contributed by atoms with E-state index in [1.54, 1.807) is 6.92 Å². The Kier molecular flexibility index (Phi) is 8.72. The molecule has 1 atom stereocenters. The average Bonchev–Trinajstić information content (AvgIpc) is 2.78. The molecule has 0 unspecified atom stereocenters. The van der Waals surface area contributed by atoms with Gasteiger partial charge in [0, 0.05) is 19.6 Å². The average molecular weight is 436 g/mol. The van der Waals surface area contributed by atoms with Gasteiger partial charge in [-0.25, -0.2) is 12.7 Å². The molecule has 0 radical (unpaired) electrons. The zero-order chi connectivity index (χ0) is 21.4. The van der Waals surface area contributed by atoms with E-state index in [0.717, 1.165) is 44.8 Å². The molecular weight excluding hydrogens is 398 g/mol. The molecule has 0 spiro atoms. The Balaban J connectivity index is 1.30. The minimum absolute atomic E-state index is 0.00701. The van der Waals surface area contributed by atoms with Crippen LogP contribution < -0.4 is 5.32 Å². The molecule has 2 fully saturated rings. The Morgan fingerprint density at radius 2 is 1.83 bits per heavy atom. The van der Waals surface area contributed by atoms with Crippen LogP contribution >= 0.6 is 0 Å². The van der Waals surface area contributed by atoms with Gasteiger partial charge in [-0.15, -0.1) is 0 Å². The molecule has 1 N–H and O–H groups in total. The molecular formula is C23H37N3O3S. The number of carbonyl (C=O) groups is 1. The quantitative estimate of drug-likeness (QED) is 0.605. The number of nitrogens with zero attached hydrogens (tertiary/aromatic N) is 2. The predicted molar refractivity (Wildman–Crippen MR) is 121 cm³/mol. The summed E-state index contributed by atoms with van der Waals surface area (Å²) in [6.07, 6.45) is 6.14. The first-order valence-electron chi connectivity index (χ1n) is 11.5. The van der Waals surface area contributed by atoms with Crippen LogP contribution in [-0.2, 0) is 21.2 Å². The third-order valence-corrected chi connectivity index (χ3v) is 8.39. The van der Waals surface area contributed by atoms with Gasteiger partial charge < -0.3 is 10.2 Å². The summed E-state index contributed by atoms with van der Waals surface area (Å²) in [7, 11) is -3.21. The van der Waals surface area contributed by atoms with E-state index in [-0.39, 0.29) is 17.6 Å². The second-order valence-corrected chi connectivity index (χ2v) is 11.0. The maximum Gasteiger partial charge on any atom is 0.224 e. The number of hydrogen-bond donors (Lipinski definition) is 1. The van der Waals surface area contributed by atoms with Crippen molar-refractivity contribution in [3.05, 3.63) is 35.9 Å². The van der Waals surface area contributed by atoms with Crippen LogP contribution in [0.15, 0.2) is 30.3 Å². The molecule has 6 nitrogen and oxygen atoms in total. The van der Waals surface area contributed by atoms with Crippen LogP contribution in [-0.4, -0.2) is 68.6 Å². The van der Waals surface area contributed by atoms with Gasteiger partial charge in [0.05, 0.1) is 11.7 Å². The summed E-state index contributed by atoms with van der Waals surface area (Å²) >= 11 is 0. The van der Waals surface area contributed by atoms with Crippen molar-refractivity contribution < 1.29 is 13.2 Å². The molecule has 0 aliphatic carbocycles. The molecule has 2 aliphatic rings. The van der Waals surface area contributed by atoms with Gasteiger partial charge in [0.15, 0.2) is 0 Å². The molecule has 7 heteroatoms. The van der Waals surface area contributed by atoms with Gasteiger partial charge in [0.25, 0.3) is 0 Å². The second kappa shape index (κ2) is 11.3. The van der Waals surface area contributed by atoms with Gasteiger partial charge >= 0.3 is 0 Å². The van der Waals surface area contributed by atoms with Gasteiger partial charge in [-0.3, -0.25) is 4.79 Å². The van der Waals surface area contributed by atoms with Crippen LogP contribution in [0.5, 0.6) is 0 Å². The number of hydrogen-bond acceptors (Lipinski definition) is 4. The van der Waals surface area contributed by atoms with Crippen LogP contribution in [0.3, 0.4) is 0 Å². The number of benzene rings is 1. The summed E-state index contributed by atoms with van der Waals surface area (Å²) in [6, 6.07) is 10.7. The lowest BCUT2D eigenvalue weighted by atomic mass is 9.90. The summed E-state index contributed by atoms with van der Waals surface area (Å²) in [5.74, 6) is 0.669. The molecule has 1 aromatic carbocycles. The van der Waals surface area contributed by atoms with Crippen molar-refractivity contribution in [1.82, 2.24) is 14.5 Å². The highest BCUT2D eigenvalue weighted by atomic mass is 32.2. The van der Waals surface area contributed by atoms with E-state index in [4.69, 9.17) is 0 Å². The standard InChI is InChI=1S/C23H37N3O3S/c1-2-30(28,29)26-15-6-10-22(19-26)23(27)24-13-7-14-25-16-11-21(12-17-25)18-20-8-4-3-5-9-20/h3-5,8-9,21-22H,2,6-7,10-19H2,1H3,(H,24,27)/t22-/m0/s1. The number of sulfonamides is 1. The second-order valence-electron chi connectivity index (χ2n) is 8.72. The normalized spacial score (nSPS) is 22.1. The van der Waals surface area contributed by atoms with Crippen LogP contribution in [0, 0.1) is 11.8 Å². The van der Waals surface area contributed by atoms with E-state index >= 15 is 0 Å². The van der Waals surface area contributed by atoms with Gasteiger partial charge in [-0.1, -0.05) is 30.3 Å². The SMILES string of the molecule is CCS(=O)(=O)N1CCC[C@H](C(=O)NCCCN2CCC(Cc3ccccc3)CC2)C1. The van der Waals surface area contributed by atoms with E-state index in [2.05, 4.69) is 40.5 Å². The maximum absolute atomic E-state index is 12.5. The fourth-order valence-electron chi connectivity index (χ4n) is 4.61. The van der Waals surface area contributed by atoms with E-state index < -0.39 is 10.0 Å². The smallest absolute Gasteiger partial charge is 0.224 e. The van der Waals surface area contributed by atoms with Crippen molar-refractivity contribution >= 4 is 15.9 Å². The Labute approximate surface area is 182 Å². The minimum Gasteiger partial charge on any atom is -0.356 e. The highest BCUT2D eigenvalue weighted by Gasteiger charge is 2.31. The fourth-order valence-corrected chi connectivity index (χ4v) is 5.79. The van der Waals surface area contributed by atoms with Crippen molar-refractivity contribution in [2.75, 3.05) is 45.0 Å². The van der Waals surface area contributed by atoms with E-state index in [9.17, 15) is 13.2 Å². The molecule has 2 heterocycles.